The lowest BCUT2D eigenvalue weighted by molar-refractivity contribution is -0.161. The second-order valence-corrected chi connectivity index (χ2v) is 18.4. The van der Waals surface area contributed by atoms with Crippen LogP contribution >= 0.6 is 7.82 Å². The zero-order chi connectivity index (χ0) is 49.9. The van der Waals surface area contributed by atoms with Gasteiger partial charge in [-0.2, -0.15) is 0 Å². The summed E-state index contributed by atoms with van der Waals surface area (Å²) >= 11 is 0. The van der Waals surface area contributed by atoms with Gasteiger partial charge in [0.25, 0.3) is 0 Å². The summed E-state index contributed by atoms with van der Waals surface area (Å²) in [5.74, 6) is -1.55. The maximum absolute atomic E-state index is 12.8. The van der Waals surface area contributed by atoms with E-state index in [2.05, 4.69) is 118 Å². The van der Waals surface area contributed by atoms with Crippen LogP contribution in [-0.4, -0.2) is 66.5 Å². The summed E-state index contributed by atoms with van der Waals surface area (Å²) in [7, 11) is -4.76. The standard InChI is InChI=1S/C56H93O11P/c1-4-7-10-13-16-19-22-24-25-26-27-29-32-35-38-41-44-47-56(60)67-53(49-63-54(58)45-42-39-36-33-31-28-23-20-17-14-11-8-5-2)51-65-68(61,62)64-50-52(48-57)66-55(59)46-43-40-37-34-30-21-18-15-12-9-6-3/h7-8,10-11,15-20,24-25,27-29,31,52-53,57H,4-6,9,12-14,21-23,26,30,32-51H2,1-3H3,(H,61,62)/b10-7-,11-8-,18-15-,19-16-,20-17-,25-24-,29-27-,31-28-. The Labute approximate surface area is 412 Å². The number of aliphatic hydroxyl groups is 1. The molecule has 0 fully saturated rings. The van der Waals surface area contributed by atoms with E-state index in [9.17, 15) is 28.9 Å². The molecule has 0 aromatic rings. The van der Waals surface area contributed by atoms with E-state index in [1.807, 2.05) is 0 Å². The minimum Gasteiger partial charge on any atom is -0.462 e. The number of allylic oxidation sites excluding steroid dienone is 16. The summed E-state index contributed by atoms with van der Waals surface area (Å²) in [5, 5.41) is 9.76. The van der Waals surface area contributed by atoms with Crippen molar-refractivity contribution >= 4 is 25.7 Å². The molecular formula is C56H93O11P. The number of unbranched alkanes of at least 4 members (excludes halogenated alkanes) is 14. The summed E-state index contributed by atoms with van der Waals surface area (Å²) in [6, 6.07) is 0. The highest BCUT2D eigenvalue weighted by Gasteiger charge is 2.28. The van der Waals surface area contributed by atoms with E-state index in [0.29, 0.717) is 19.3 Å². The molecule has 11 nitrogen and oxygen atoms in total. The Morgan fingerprint density at radius 1 is 0.426 bits per heavy atom. The molecule has 0 aromatic carbocycles. The van der Waals surface area contributed by atoms with Crippen LogP contribution in [0.5, 0.6) is 0 Å². The Morgan fingerprint density at radius 3 is 1.21 bits per heavy atom. The van der Waals surface area contributed by atoms with E-state index in [0.717, 1.165) is 128 Å². The minimum absolute atomic E-state index is 0.128. The van der Waals surface area contributed by atoms with Gasteiger partial charge in [-0.25, -0.2) is 4.57 Å². The van der Waals surface area contributed by atoms with Crippen LogP contribution in [0.3, 0.4) is 0 Å². The Hall–Kier alpha value is -3.60. The Morgan fingerprint density at radius 2 is 0.765 bits per heavy atom. The predicted octanol–water partition coefficient (Wildman–Crippen LogP) is 14.9. The van der Waals surface area contributed by atoms with Gasteiger partial charge in [-0.3, -0.25) is 23.4 Å². The lowest BCUT2D eigenvalue weighted by atomic mass is 10.1. The van der Waals surface area contributed by atoms with Gasteiger partial charge in [0, 0.05) is 19.3 Å². The highest BCUT2D eigenvalue weighted by Crippen LogP contribution is 2.43. The number of aliphatic hydroxyl groups excluding tert-OH is 1. The van der Waals surface area contributed by atoms with Crippen LogP contribution in [0.1, 0.15) is 201 Å². The maximum Gasteiger partial charge on any atom is 0.472 e. The van der Waals surface area contributed by atoms with Gasteiger partial charge in [-0.15, -0.1) is 0 Å². The molecule has 0 aromatic heterocycles. The molecule has 0 bridgehead atoms. The average molecular weight is 973 g/mol. The van der Waals surface area contributed by atoms with Gasteiger partial charge >= 0.3 is 25.7 Å². The Kier molecular flexibility index (Phi) is 47.2. The van der Waals surface area contributed by atoms with E-state index in [1.165, 1.54) is 12.8 Å². The molecule has 0 rings (SSSR count). The third kappa shape index (κ3) is 47.5. The fourth-order valence-electron chi connectivity index (χ4n) is 6.52. The van der Waals surface area contributed by atoms with Crippen LogP contribution in [0, 0.1) is 0 Å². The van der Waals surface area contributed by atoms with Gasteiger partial charge in [0.1, 0.15) is 12.7 Å². The lowest BCUT2D eigenvalue weighted by Gasteiger charge is -2.21. The van der Waals surface area contributed by atoms with E-state index < -0.39 is 57.8 Å². The minimum atomic E-state index is -4.76. The number of phosphoric acid groups is 1. The molecule has 0 heterocycles. The van der Waals surface area contributed by atoms with Crippen LogP contribution in [-0.2, 0) is 42.2 Å². The molecule has 0 spiro atoms. The third-order valence-electron chi connectivity index (χ3n) is 10.5. The third-order valence-corrected chi connectivity index (χ3v) is 11.4. The summed E-state index contributed by atoms with van der Waals surface area (Å²) < 4.78 is 39.3. The average Bonchev–Trinajstić information content (AvgIpc) is 3.32. The van der Waals surface area contributed by atoms with Crippen molar-refractivity contribution in [1.29, 1.82) is 0 Å². The largest absolute Gasteiger partial charge is 0.472 e. The van der Waals surface area contributed by atoms with Crippen LogP contribution in [0.25, 0.3) is 0 Å². The molecule has 0 radical (unpaired) electrons. The van der Waals surface area contributed by atoms with E-state index in [-0.39, 0.29) is 25.9 Å². The summed E-state index contributed by atoms with van der Waals surface area (Å²) in [6.45, 7) is 4.27. The normalized spacial score (nSPS) is 14.2. The smallest absolute Gasteiger partial charge is 0.462 e. The zero-order valence-corrected chi connectivity index (χ0v) is 43.4. The van der Waals surface area contributed by atoms with Crippen LogP contribution in [0.2, 0.25) is 0 Å². The van der Waals surface area contributed by atoms with E-state index in [1.54, 1.807) is 0 Å². The van der Waals surface area contributed by atoms with Gasteiger partial charge in [-0.05, 0) is 109 Å². The van der Waals surface area contributed by atoms with E-state index >= 15 is 0 Å². The number of hydrogen-bond acceptors (Lipinski definition) is 10. The summed E-state index contributed by atoms with van der Waals surface area (Å²) in [5.41, 5.74) is 0. The van der Waals surface area contributed by atoms with Crippen molar-refractivity contribution in [1.82, 2.24) is 0 Å². The first-order valence-electron chi connectivity index (χ1n) is 26.1. The molecule has 0 saturated heterocycles. The molecule has 2 N–H and O–H groups in total. The van der Waals surface area contributed by atoms with Crippen molar-refractivity contribution in [2.75, 3.05) is 26.4 Å². The maximum atomic E-state index is 12.8. The number of esters is 3. The van der Waals surface area contributed by atoms with Crippen molar-refractivity contribution in [3.8, 4) is 0 Å². The summed E-state index contributed by atoms with van der Waals surface area (Å²) in [6.07, 6.45) is 56.7. The molecule has 3 unspecified atom stereocenters. The monoisotopic (exact) mass is 973 g/mol. The highest BCUT2D eigenvalue weighted by molar-refractivity contribution is 7.47. The zero-order valence-electron chi connectivity index (χ0n) is 42.5. The molecule has 12 heteroatoms. The number of ether oxygens (including phenoxy) is 3. The lowest BCUT2D eigenvalue weighted by Crippen LogP contribution is -2.30. The number of carbonyl (C=O) groups is 3. The van der Waals surface area contributed by atoms with Gasteiger partial charge < -0.3 is 24.2 Å². The number of carbonyl (C=O) groups excluding carboxylic acids is 3. The summed E-state index contributed by atoms with van der Waals surface area (Å²) in [4.78, 5) is 48.3. The highest BCUT2D eigenvalue weighted by atomic mass is 31.2. The molecule has 388 valence electrons. The molecular weight excluding hydrogens is 880 g/mol. The Bertz CT molecular complexity index is 1510. The second kappa shape index (κ2) is 49.8. The molecule has 0 amide bonds. The van der Waals surface area contributed by atoms with Crippen LogP contribution < -0.4 is 0 Å². The molecule has 0 aliphatic heterocycles. The van der Waals surface area contributed by atoms with Crippen molar-refractivity contribution in [2.45, 2.75) is 213 Å². The fourth-order valence-corrected chi connectivity index (χ4v) is 7.30. The van der Waals surface area contributed by atoms with Crippen molar-refractivity contribution in [2.24, 2.45) is 0 Å². The first-order chi connectivity index (χ1) is 33.2. The Balaban J connectivity index is 4.85. The van der Waals surface area contributed by atoms with Gasteiger partial charge in [-0.1, -0.05) is 169 Å². The fraction of sp³-hybridized carbons (Fsp3) is 0.661. The first-order valence-corrected chi connectivity index (χ1v) is 27.6. The quantitative estimate of drug-likeness (QED) is 0.0197. The molecule has 0 aliphatic carbocycles. The SMILES string of the molecule is CC/C=C\C/C=C\C/C=C\C/C=C\CCCCCCC(=O)OC(COC(=O)CCCCC/C=C\C/C=C\C/C=C\CC)COP(=O)(O)OCC(CO)OC(=O)CCCCCCC/C=C\CCCC. The predicted molar refractivity (Wildman–Crippen MR) is 279 cm³/mol. The number of hydrogen-bond donors (Lipinski definition) is 2. The molecule has 0 aliphatic rings. The first kappa shape index (κ1) is 64.4. The van der Waals surface area contributed by atoms with Crippen molar-refractivity contribution in [3.63, 3.8) is 0 Å². The molecule has 68 heavy (non-hydrogen) atoms. The topological polar surface area (TPSA) is 155 Å². The van der Waals surface area contributed by atoms with Crippen molar-refractivity contribution in [3.05, 3.63) is 97.2 Å². The molecule has 0 saturated carbocycles. The van der Waals surface area contributed by atoms with Gasteiger partial charge in [0.15, 0.2) is 6.10 Å². The van der Waals surface area contributed by atoms with E-state index in [4.69, 9.17) is 23.3 Å². The number of phosphoric ester groups is 1. The number of rotatable bonds is 47. The van der Waals surface area contributed by atoms with Crippen molar-refractivity contribution < 1.29 is 52.2 Å². The van der Waals surface area contributed by atoms with Crippen LogP contribution in [0.15, 0.2) is 97.2 Å². The van der Waals surface area contributed by atoms with Gasteiger partial charge in [0.2, 0.25) is 0 Å². The van der Waals surface area contributed by atoms with Crippen LogP contribution in [0.4, 0.5) is 0 Å². The second-order valence-electron chi connectivity index (χ2n) is 16.9. The van der Waals surface area contributed by atoms with Gasteiger partial charge in [0.05, 0.1) is 19.8 Å². The molecule has 3 atom stereocenters.